The lowest BCUT2D eigenvalue weighted by molar-refractivity contribution is -0.140. The van der Waals surface area contributed by atoms with Gasteiger partial charge in [0.1, 0.15) is 11.4 Å². The SMILES string of the molecule is CCNc1nc(N)c(F)c(-c2n[nH]c3c2CN(C(=O)N2C[C@@H](C)N(CCC(F)(F)F)C[C@@H]2C)C3(C)C)n1. The summed E-state index contributed by atoms with van der Waals surface area (Å²) in [7, 11) is 0. The fourth-order valence-electron chi connectivity index (χ4n) is 5.08. The second-order valence-corrected chi connectivity index (χ2v) is 10.2. The van der Waals surface area contributed by atoms with Crippen LogP contribution in [0, 0.1) is 5.82 Å². The monoisotopic (exact) mass is 527 g/mol. The highest BCUT2D eigenvalue weighted by atomic mass is 19.4. The number of amides is 2. The number of nitrogens with one attached hydrogen (secondary N) is 2. The number of piperazine rings is 1. The second kappa shape index (κ2) is 9.62. The molecule has 4 N–H and O–H groups in total. The van der Waals surface area contributed by atoms with Crippen molar-refractivity contribution in [3.63, 3.8) is 0 Å². The molecule has 0 spiro atoms. The minimum absolute atomic E-state index is 0.0636. The van der Waals surface area contributed by atoms with Gasteiger partial charge in [-0.15, -0.1) is 0 Å². The Kier molecular flexibility index (Phi) is 6.99. The van der Waals surface area contributed by atoms with Gasteiger partial charge in [-0.25, -0.2) is 14.2 Å². The molecule has 4 heterocycles. The van der Waals surface area contributed by atoms with E-state index in [-0.39, 0.29) is 54.4 Å². The second-order valence-electron chi connectivity index (χ2n) is 10.2. The number of hydrogen-bond acceptors (Lipinski definition) is 7. The van der Waals surface area contributed by atoms with E-state index in [1.54, 1.807) is 14.7 Å². The molecule has 2 aliphatic heterocycles. The Morgan fingerprint density at radius 3 is 2.54 bits per heavy atom. The van der Waals surface area contributed by atoms with Gasteiger partial charge >= 0.3 is 12.2 Å². The zero-order chi connectivity index (χ0) is 27.3. The summed E-state index contributed by atoms with van der Waals surface area (Å²) < 4.78 is 53.2. The van der Waals surface area contributed by atoms with Crippen LogP contribution in [-0.2, 0) is 12.1 Å². The molecule has 2 atom stereocenters. The number of aromatic amines is 1. The number of carbonyl (C=O) groups is 1. The first-order chi connectivity index (χ1) is 17.2. The largest absolute Gasteiger partial charge is 0.390 e. The maximum Gasteiger partial charge on any atom is 0.390 e. The molecule has 37 heavy (non-hydrogen) atoms. The number of nitrogen functional groups attached to an aromatic ring is 1. The fraction of sp³-hybridized carbons (Fsp3) is 0.652. The molecular formula is C23H33F4N9O. The lowest BCUT2D eigenvalue weighted by Crippen LogP contribution is -2.61. The Morgan fingerprint density at radius 1 is 1.19 bits per heavy atom. The molecule has 2 aromatic rings. The molecule has 10 nitrogen and oxygen atoms in total. The Balaban J connectivity index is 1.57. The third-order valence-electron chi connectivity index (χ3n) is 7.18. The van der Waals surface area contributed by atoms with Crippen molar-refractivity contribution in [1.29, 1.82) is 0 Å². The van der Waals surface area contributed by atoms with Crippen LogP contribution >= 0.6 is 0 Å². The van der Waals surface area contributed by atoms with Gasteiger partial charge in [0.2, 0.25) is 5.95 Å². The molecule has 0 radical (unpaired) electrons. The zero-order valence-corrected chi connectivity index (χ0v) is 21.6. The smallest absolute Gasteiger partial charge is 0.381 e. The van der Waals surface area contributed by atoms with Gasteiger partial charge in [-0.05, 0) is 34.6 Å². The molecule has 1 fully saturated rings. The van der Waals surface area contributed by atoms with Crippen molar-refractivity contribution in [2.45, 2.75) is 71.4 Å². The predicted molar refractivity (Wildman–Crippen MR) is 130 cm³/mol. The van der Waals surface area contributed by atoms with E-state index < -0.39 is 24.0 Å². The number of H-pyrrole nitrogens is 1. The first-order valence-electron chi connectivity index (χ1n) is 12.3. The number of urea groups is 1. The van der Waals surface area contributed by atoms with Gasteiger partial charge in [-0.3, -0.25) is 10.00 Å². The van der Waals surface area contributed by atoms with E-state index in [2.05, 4.69) is 25.5 Å². The standard InChI is InChI=1S/C23H33F4N9O/c1-6-29-20-30-17(15(24)19(28)31-20)16-14-11-36(22(4,5)18(14)33-32-16)21(37)35-10-12(2)34(9-13(35)3)8-7-23(25,26)27/h12-13H,6-11H2,1-5H3,(H,32,33)(H3,28,29,30,31)/t12-,13+/m1/s1. The molecule has 2 aliphatic rings. The quantitative estimate of drug-likeness (QED) is 0.509. The molecule has 0 saturated carbocycles. The summed E-state index contributed by atoms with van der Waals surface area (Å²) in [5.74, 6) is -0.936. The van der Waals surface area contributed by atoms with Gasteiger partial charge in [0.05, 0.1) is 24.2 Å². The predicted octanol–water partition coefficient (Wildman–Crippen LogP) is 3.54. The third kappa shape index (κ3) is 5.03. The summed E-state index contributed by atoms with van der Waals surface area (Å²) in [5.41, 5.74) is 6.44. The lowest BCUT2D eigenvalue weighted by atomic mass is 9.99. The van der Waals surface area contributed by atoms with Gasteiger partial charge in [0.25, 0.3) is 0 Å². The molecule has 0 bridgehead atoms. The van der Waals surface area contributed by atoms with E-state index >= 15 is 0 Å². The van der Waals surface area contributed by atoms with Gasteiger partial charge < -0.3 is 20.9 Å². The number of alkyl halides is 3. The summed E-state index contributed by atoms with van der Waals surface area (Å²) >= 11 is 0. The van der Waals surface area contributed by atoms with E-state index in [1.807, 2.05) is 34.6 Å². The van der Waals surface area contributed by atoms with Gasteiger partial charge in [0.15, 0.2) is 11.6 Å². The zero-order valence-electron chi connectivity index (χ0n) is 21.6. The van der Waals surface area contributed by atoms with Crippen molar-refractivity contribution < 1.29 is 22.4 Å². The number of hydrogen-bond donors (Lipinski definition) is 3. The highest BCUT2D eigenvalue weighted by molar-refractivity contribution is 5.78. The van der Waals surface area contributed by atoms with Crippen molar-refractivity contribution in [1.82, 2.24) is 34.9 Å². The molecule has 0 aromatic carbocycles. The highest BCUT2D eigenvalue weighted by Gasteiger charge is 2.47. The van der Waals surface area contributed by atoms with Crippen LogP contribution < -0.4 is 11.1 Å². The molecule has 4 rings (SSSR count). The Morgan fingerprint density at radius 2 is 1.89 bits per heavy atom. The number of fused-ring (bicyclic) bond motifs is 1. The lowest BCUT2D eigenvalue weighted by Gasteiger charge is -2.46. The average molecular weight is 528 g/mol. The maximum absolute atomic E-state index is 15.0. The Hall–Kier alpha value is -3.16. The minimum atomic E-state index is -4.23. The van der Waals surface area contributed by atoms with E-state index in [0.29, 0.717) is 30.9 Å². The molecule has 204 valence electrons. The maximum atomic E-state index is 15.0. The van der Waals surface area contributed by atoms with E-state index in [0.717, 1.165) is 0 Å². The topological polar surface area (TPSA) is 119 Å². The fourth-order valence-corrected chi connectivity index (χ4v) is 5.08. The molecule has 2 amide bonds. The number of carbonyl (C=O) groups excluding carboxylic acids is 1. The van der Waals surface area contributed by atoms with Crippen LogP contribution in [0.3, 0.4) is 0 Å². The Labute approximate surface area is 212 Å². The number of rotatable bonds is 5. The summed E-state index contributed by atoms with van der Waals surface area (Å²) in [6.45, 7) is 10.4. The molecule has 0 unspecified atom stereocenters. The summed E-state index contributed by atoms with van der Waals surface area (Å²) in [4.78, 5) is 27.1. The average Bonchev–Trinajstić information content (AvgIpc) is 3.34. The normalized spacial score (nSPS) is 21.9. The van der Waals surface area contributed by atoms with Gasteiger partial charge in [0, 0.05) is 43.8 Å². The number of nitrogens with zero attached hydrogens (tertiary/aromatic N) is 6. The minimum Gasteiger partial charge on any atom is -0.381 e. The molecule has 0 aliphatic carbocycles. The third-order valence-corrected chi connectivity index (χ3v) is 7.18. The Bertz CT molecular complexity index is 1170. The van der Waals surface area contributed by atoms with Gasteiger partial charge in [-0.1, -0.05) is 0 Å². The number of aromatic nitrogens is 4. The molecule has 14 heteroatoms. The van der Waals surface area contributed by atoms with Crippen molar-refractivity contribution in [2.75, 3.05) is 37.2 Å². The summed E-state index contributed by atoms with van der Waals surface area (Å²) in [5, 5.41) is 10.2. The van der Waals surface area contributed by atoms with Crippen molar-refractivity contribution >= 4 is 17.8 Å². The van der Waals surface area contributed by atoms with Gasteiger partial charge in [-0.2, -0.15) is 23.3 Å². The van der Waals surface area contributed by atoms with Crippen molar-refractivity contribution in [3.8, 4) is 11.4 Å². The van der Waals surface area contributed by atoms with Crippen LogP contribution in [-0.4, -0.2) is 85.3 Å². The number of halogens is 4. The van der Waals surface area contributed by atoms with Crippen LogP contribution in [0.25, 0.3) is 11.4 Å². The van der Waals surface area contributed by atoms with Crippen LogP contribution in [0.1, 0.15) is 52.3 Å². The van der Waals surface area contributed by atoms with Crippen LogP contribution in [0.2, 0.25) is 0 Å². The van der Waals surface area contributed by atoms with Crippen LogP contribution in [0.4, 0.5) is 34.1 Å². The summed E-state index contributed by atoms with van der Waals surface area (Å²) in [6.07, 6.45) is -5.11. The van der Waals surface area contributed by atoms with Crippen molar-refractivity contribution in [3.05, 3.63) is 17.1 Å². The highest BCUT2D eigenvalue weighted by Crippen LogP contribution is 2.43. The van der Waals surface area contributed by atoms with E-state index in [9.17, 15) is 22.4 Å². The number of nitrogens with two attached hydrogens (primary N) is 1. The molecule has 2 aromatic heterocycles. The van der Waals surface area contributed by atoms with E-state index in [4.69, 9.17) is 5.73 Å². The molecular weight excluding hydrogens is 494 g/mol. The first kappa shape index (κ1) is 26.9. The number of anilines is 2. The van der Waals surface area contributed by atoms with Crippen molar-refractivity contribution in [2.24, 2.45) is 0 Å². The van der Waals surface area contributed by atoms with Crippen LogP contribution in [0.5, 0.6) is 0 Å². The molecule has 1 saturated heterocycles. The van der Waals surface area contributed by atoms with E-state index in [1.165, 1.54) is 0 Å². The van der Waals surface area contributed by atoms with Crippen LogP contribution in [0.15, 0.2) is 0 Å². The summed E-state index contributed by atoms with van der Waals surface area (Å²) in [6, 6.07) is -0.761. The first-order valence-corrected chi connectivity index (χ1v) is 12.3.